The number of alkyl halides is 2. The van der Waals surface area contributed by atoms with Crippen molar-refractivity contribution in [3.05, 3.63) is 46.7 Å². The zero-order chi connectivity index (χ0) is 19.0. The summed E-state index contributed by atoms with van der Waals surface area (Å²) in [4.78, 5) is 23.1. The molecule has 7 heteroatoms. The number of esters is 1. The predicted molar refractivity (Wildman–Crippen MR) is 98.7 cm³/mol. The quantitative estimate of drug-likeness (QED) is 0.407. The van der Waals surface area contributed by atoms with Gasteiger partial charge < -0.3 is 9.47 Å². The van der Waals surface area contributed by atoms with Crippen LogP contribution in [0.3, 0.4) is 0 Å². The number of amides is 1. The number of ether oxygens (including phenoxy) is 2. The second-order valence-electron chi connectivity index (χ2n) is 5.48. The van der Waals surface area contributed by atoms with Crippen LogP contribution in [0.25, 0.3) is 0 Å². The minimum absolute atomic E-state index is 0.0755. The first kappa shape index (κ1) is 21.3. The number of hydrogen-bond acceptors (Lipinski definition) is 4. The average Bonchev–Trinajstić information content (AvgIpc) is 2.52. The van der Waals surface area contributed by atoms with E-state index in [4.69, 9.17) is 32.7 Å². The van der Waals surface area contributed by atoms with Crippen molar-refractivity contribution in [2.45, 2.75) is 45.1 Å². The summed E-state index contributed by atoms with van der Waals surface area (Å²) in [5, 5.41) is 2.09. The SMILES string of the molecule is CCOC(=O)/C=C(/C)NC(=O)OCc1ccc(C(C)Cl)c(C(C)Cl)c1. The van der Waals surface area contributed by atoms with Gasteiger partial charge in [-0.25, -0.2) is 9.59 Å². The van der Waals surface area contributed by atoms with Crippen LogP contribution in [0.15, 0.2) is 30.0 Å². The number of halogens is 2. The Balaban J connectivity index is 2.67. The maximum Gasteiger partial charge on any atom is 0.411 e. The number of nitrogens with one attached hydrogen (secondary N) is 1. The summed E-state index contributed by atoms with van der Waals surface area (Å²) >= 11 is 12.4. The maximum atomic E-state index is 11.8. The lowest BCUT2D eigenvalue weighted by Crippen LogP contribution is -2.23. The van der Waals surface area contributed by atoms with Crippen molar-refractivity contribution in [3.63, 3.8) is 0 Å². The molecule has 1 amide bonds. The number of hydrogen-bond donors (Lipinski definition) is 1. The Hall–Kier alpha value is -1.72. The number of allylic oxidation sites excluding steroid dienone is 1. The zero-order valence-electron chi connectivity index (χ0n) is 14.8. The van der Waals surface area contributed by atoms with E-state index >= 15 is 0 Å². The van der Waals surface area contributed by atoms with Crippen LogP contribution in [-0.2, 0) is 20.9 Å². The Labute approximate surface area is 158 Å². The number of benzene rings is 1. The van der Waals surface area contributed by atoms with E-state index in [1.54, 1.807) is 13.8 Å². The van der Waals surface area contributed by atoms with Crippen molar-refractivity contribution >= 4 is 35.3 Å². The summed E-state index contributed by atoms with van der Waals surface area (Å²) in [5.74, 6) is -0.521. The molecule has 2 atom stereocenters. The fourth-order valence-corrected chi connectivity index (χ4v) is 2.55. The third kappa shape index (κ3) is 7.36. The summed E-state index contributed by atoms with van der Waals surface area (Å²) in [6.07, 6.45) is 0.530. The largest absolute Gasteiger partial charge is 0.463 e. The highest BCUT2D eigenvalue weighted by atomic mass is 35.5. The molecule has 1 N–H and O–H groups in total. The van der Waals surface area contributed by atoms with Crippen molar-refractivity contribution in [1.82, 2.24) is 5.32 Å². The second-order valence-corrected chi connectivity index (χ2v) is 6.79. The van der Waals surface area contributed by atoms with Crippen LogP contribution in [0, 0.1) is 0 Å². The van der Waals surface area contributed by atoms with Gasteiger partial charge in [0.05, 0.1) is 17.4 Å². The molecule has 0 saturated carbocycles. The standard InChI is InChI=1S/C18H23Cl2NO4/c1-5-24-17(22)8-11(2)21-18(23)25-10-14-6-7-15(12(3)19)16(9-14)13(4)20/h6-9,12-13H,5,10H2,1-4H3,(H,21,23)/b11-8-. The van der Waals surface area contributed by atoms with Gasteiger partial charge in [0, 0.05) is 11.8 Å². The molecule has 0 fully saturated rings. The van der Waals surface area contributed by atoms with Crippen LogP contribution in [-0.4, -0.2) is 18.7 Å². The smallest absolute Gasteiger partial charge is 0.411 e. The van der Waals surface area contributed by atoms with Crippen LogP contribution >= 0.6 is 23.2 Å². The first-order valence-corrected chi connectivity index (χ1v) is 8.81. The highest BCUT2D eigenvalue weighted by Crippen LogP contribution is 2.31. The van der Waals surface area contributed by atoms with E-state index < -0.39 is 12.1 Å². The van der Waals surface area contributed by atoms with Crippen LogP contribution in [0.5, 0.6) is 0 Å². The van der Waals surface area contributed by atoms with E-state index in [0.717, 1.165) is 16.7 Å². The van der Waals surface area contributed by atoms with Gasteiger partial charge in [-0.15, -0.1) is 23.2 Å². The van der Waals surface area contributed by atoms with Crippen LogP contribution < -0.4 is 5.32 Å². The van der Waals surface area contributed by atoms with Crippen molar-refractivity contribution in [1.29, 1.82) is 0 Å². The van der Waals surface area contributed by atoms with Crippen LogP contribution in [0.4, 0.5) is 4.79 Å². The molecule has 1 aromatic carbocycles. The number of carbonyl (C=O) groups is 2. The van der Waals surface area contributed by atoms with Gasteiger partial charge in [0.1, 0.15) is 6.61 Å². The fourth-order valence-electron chi connectivity index (χ4n) is 2.16. The molecule has 0 bridgehead atoms. The molecule has 0 aliphatic heterocycles. The molecule has 0 radical (unpaired) electrons. The fraction of sp³-hybridized carbons (Fsp3) is 0.444. The summed E-state index contributed by atoms with van der Waals surface area (Å²) < 4.78 is 9.91. The monoisotopic (exact) mass is 387 g/mol. The van der Waals surface area contributed by atoms with E-state index in [9.17, 15) is 9.59 Å². The van der Waals surface area contributed by atoms with Gasteiger partial charge in [0.2, 0.25) is 0 Å². The molecule has 5 nitrogen and oxygen atoms in total. The minimum Gasteiger partial charge on any atom is -0.463 e. The predicted octanol–water partition coefficient (Wildman–Crippen LogP) is 4.98. The first-order valence-electron chi connectivity index (χ1n) is 7.94. The molecule has 1 rings (SSSR count). The topological polar surface area (TPSA) is 64.6 Å². The summed E-state index contributed by atoms with van der Waals surface area (Å²) in [6, 6.07) is 5.60. The maximum absolute atomic E-state index is 11.8. The van der Waals surface area contributed by atoms with E-state index in [1.807, 2.05) is 32.0 Å². The van der Waals surface area contributed by atoms with Gasteiger partial charge in [-0.2, -0.15) is 0 Å². The van der Waals surface area contributed by atoms with E-state index in [1.165, 1.54) is 6.08 Å². The van der Waals surface area contributed by atoms with Gasteiger partial charge in [0.25, 0.3) is 0 Å². The van der Waals surface area contributed by atoms with Crippen LogP contribution in [0.2, 0.25) is 0 Å². The van der Waals surface area contributed by atoms with Gasteiger partial charge in [-0.3, -0.25) is 5.32 Å². The van der Waals surface area contributed by atoms with Crippen molar-refractivity contribution < 1.29 is 19.1 Å². The van der Waals surface area contributed by atoms with E-state index in [-0.39, 0.29) is 24.0 Å². The Kier molecular flexibility index (Phi) is 8.79. The van der Waals surface area contributed by atoms with Crippen molar-refractivity contribution in [3.8, 4) is 0 Å². The molecule has 138 valence electrons. The zero-order valence-corrected chi connectivity index (χ0v) is 16.3. The molecule has 25 heavy (non-hydrogen) atoms. The molecule has 0 aromatic heterocycles. The normalized spacial score (nSPS) is 13.8. The van der Waals surface area contributed by atoms with Crippen LogP contribution in [0.1, 0.15) is 55.1 Å². The highest BCUT2D eigenvalue weighted by molar-refractivity contribution is 6.22. The number of carbonyl (C=O) groups excluding carboxylic acids is 2. The Morgan fingerprint density at radius 1 is 1.16 bits per heavy atom. The van der Waals surface area contributed by atoms with Crippen molar-refractivity contribution in [2.24, 2.45) is 0 Å². The van der Waals surface area contributed by atoms with Gasteiger partial charge >= 0.3 is 12.1 Å². The Morgan fingerprint density at radius 3 is 2.36 bits per heavy atom. The number of rotatable bonds is 7. The van der Waals surface area contributed by atoms with Crippen molar-refractivity contribution in [2.75, 3.05) is 6.61 Å². The third-order valence-corrected chi connectivity index (χ3v) is 3.77. The molecule has 1 aromatic rings. The Morgan fingerprint density at radius 2 is 1.80 bits per heavy atom. The Bertz CT molecular complexity index is 642. The number of alkyl carbamates (subject to hydrolysis) is 1. The minimum atomic E-state index is -0.659. The lowest BCUT2D eigenvalue weighted by molar-refractivity contribution is -0.137. The third-order valence-electron chi connectivity index (χ3n) is 3.30. The molecule has 0 aliphatic carbocycles. The molecule has 0 saturated heterocycles. The highest BCUT2D eigenvalue weighted by Gasteiger charge is 2.14. The average molecular weight is 388 g/mol. The second kappa shape index (κ2) is 10.3. The van der Waals surface area contributed by atoms with E-state index in [2.05, 4.69) is 5.32 Å². The molecule has 0 heterocycles. The summed E-state index contributed by atoms with van der Waals surface area (Å²) in [6.45, 7) is 7.36. The van der Waals surface area contributed by atoms with Gasteiger partial charge in [0.15, 0.2) is 0 Å². The van der Waals surface area contributed by atoms with E-state index in [0.29, 0.717) is 5.70 Å². The van der Waals surface area contributed by atoms with Gasteiger partial charge in [-0.1, -0.05) is 18.2 Å². The molecule has 0 spiro atoms. The lowest BCUT2D eigenvalue weighted by atomic mass is 10.00. The first-order chi connectivity index (χ1) is 11.7. The summed E-state index contributed by atoms with van der Waals surface area (Å²) in [7, 11) is 0. The summed E-state index contributed by atoms with van der Waals surface area (Å²) in [5.41, 5.74) is 2.99. The van der Waals surface area contributed by atoms with Gasteiger partial charge in [-0.05, 0) is 44.4 Å². The molecular weight excluding hydrogens is 365 g/mol. The molecular formula is C18H23Cl2NO4. The lowest BCUT2D eigenvalue weighted by Gasteiger charge is -2.15. The molecule has 0 aliphatic rings. The molecule has 2 unspecified atom stereocenters.